The van der Waals surface area contributed by atoms with E-state index in [2.05, 4.69) is 29.2 Å². The van der Waals surface area contributed by atoms with Crippen LogP contribution in [0, 0.1) is 0 Å². The molecule has 0 bridgehead atoms. The molecule has 2 heterocycles. The van der Waals surface area contributed by atoms with Crippen LogP contribution < -0.4 is 14.8 Å². The van der Waals surface area contributed by atoms with Gasteiger partial charge >= 0.3 is 5.97 Å². The van der Waals surface area contributed by atoms with E-state index in [4.69, 9.17) is 14.2 Å². The highest BCUT2D eigenvalue weighted by molar-refractivity contribution is 5.92. The molecule has 168 valence electrons. The number of esters is 1. The van der Waals surface area contributed by atoms with Crippen molar-refractivity contribution in [3.8, 4) is 11.5 Å². The molecule has 0 fully saturated rings. The van der Waals surface area contributed by atoms with Crippen LogP contribution in [0.5, 0.6) is 11.5 Å². The number of ether oxygens (including phenoxy) is 3. The van der Waals surface area contributed by atoms with Crippen molar-refractivity contribution in [3.63, 3.8) is 0 Å². The maximum Gasteiger partial charge on any atom is 0.338 e. The van der Waals surface area contributed by atoms with Crippen LogP contribution in [0.2, 0.25) is 0 Å². The summed E-state index contributed by atoms with van der Waals surface area (Å²) in [6.45, 7) is 9.50. The van der Waals surface area contributed by atoms with Crippen LogP contribution in [0.1, 0.15) is 65.0 Å². The average molecular weight is 429 g/mol. The Kier molecular flexibility index (Phi) is 7.92. The van der Waals surface area contributed by atoms with Gasteiger partial charge in [-0.05, 0) is 44.4 Å². The Morgan fingerprint density at radius 3 is 2.61 bits per heavy atom. The van der Waals surface area contributed by atoms with Crippen LogP contribution in [0.4, 0.5) is 5.95 Å². The monoisotopic (exact) mass is 428 g/mol. The van der Waals surface area contributed by atoms with E-state index in [-0.39, 0.29) is 5.97 Å². The quantitative estimate of drug-likeness (QED) is 0.417. The molecule has 3 rings (SSSR count). The van der Waals surface area contributed by atoms with E-state index < -0.39 is 6.04 Å². The highest BCUT2D eigenvalue weighted by Gasteiger charge is 2.34. The number of nitrogens with one attached hydrogen (secondary N) is 1. The highest BCUT2D eigenvalue weighted by atomic mass is 16.5. The summed E-state index contributed by atoms with van der Waals surface area (Å²) in [6, 6.07) is 5.28. The summed E-state index contributed by atoms with van der Waals surface area (Å²) in [5.74, 6) is 1.56. The van der Waals surface area contributed by atoms with Gasteiger partial charge in [0.15, 0.2) is 11.5 Å². The Balaban J connectivity index is 1.98. The first kappa shape index (κ1) is 22.7. The van der Waals surface area contributed by atoms with E-state index in [1.54, 1.807) is 4.68 Å². The SMILES string of the molecule is CCCCOC(=O)C1=C(C)Nc2ncnn2C1c1ccc(OCCCC)c(OCC)c1. The molecule has 1 aliphatic heterocycles. The standard InChI is InChI=1S/C23H32N4O4/c1-5-8-12-30-18-11-10-17(14-19(18)29-7-3)21-20(22(28)31-13-9-6-2)16(4)26-23-24-15-25-27(21)23/h10-11,14-15,21H,5-9,12-13H2,1-4H3,(H,24,25,26). The zero-order valence-corrected chi connectivity index (χ0v) is 18.8. The zero-order valence-electron chi connectivity index (χ0n) is 18.8. The van der Waals surface area contributed by atoms with Gasteiger partial charge in [-0.15, -0.1) is 0 Å². The van der Waals surface area contributed by atoms with Gasteiger partial charge in [-0.1, -0.05) is 32.8 Å². The highest BCUT2D eigenvalue weighted by Crippen LogP contribution is 2.39. The van der Waals surface area contributed by atoms with E-state index in [1.165, 1.54) is 6.33 Å². The summed E-state index contributed by atoms with van der Waals surface area (Å²) in [5, 5.41) is 7.52. The van der Waals surface area contributed by atoms with Crippen molar-refractivity contribution in [2.24, 2.45) is 0 Å². The Labute approximate surface area is 183 Å². The minimum atomic E-state index is -0.475. The molecule has 0 saturated heterocycles. The van der Waals surface area contributed by atoms with Crippen LogP contribution in [-0.4, -0.2) is 40.6 Å². The number of carbonyl (C=O) groups is 1. The van der Waals surface area contributed by atoms with E-state index in [9.17, 15) is 4.79 Å². The van der Waals surface area contributed by atoms with E-state index in [0.29, 0.717) is 48.5 Å². The smallest absolute Gasteiger partial charge is 0.338 e. The second-order valence-corrected chi connectivity index (χ2v) is 7.43. The maximum atomic E-state index is 13.0. The minimum Gasteiger partial charge on any atom is -0.490 e. The molecule has 0 radical (unpaired) electrons. The van der Waals surface area contributed by atoms with Gasteiger partial charge in [-0.2, -0.15) is 10.1 Å². The van der Waals surface area contributed by atoms with Crippen LogP contribution >= 0.6 is 0 Å². The number of carbonyl (C=O) groups excluding carboxylic acids is 1. The number of hydrogen-bond donors (Lipinski definition) is 1. The minimum absolute atomic E-state index is 0.356. The summed E-state index contributed by atoms with van der Waals surface area (Å²) in [5.41, 5.74) is 2.06. The maximum absolute atomic E-state index is 13.0. The number of allylic oxidation sites excluding steroid dienone is 1. The lowest BCUT2D eigenvalue weighted by Gasteiger charge is -2.28. The van der Waals surface area contributed by atoms with Gasteiger partial charge < -0.3 is 19.5 Å². The molecule has 1 unspecified atom stereocenters. The Hall–Kier alpha value is -3.03. The molecule has 0 aliphatic carbocycles. The Morgan fingerprint density at radius 2 is 1.87 bits per heavy atom. The van der Waals surface area contributed by atoms with E-state index in [0.717, 1.165) is 31.2 Å². The van der Waals surface area contributed by atoms with Crippen molar-refractivity contribution < 1.29 is 19.0 Å². The number of benzene rings is 1. The summed E-state index contributed by atoms with van der Waals surface area (Å²) >= 11 is 0. The molecule has 1 atom stereocenters. The van der Waals surface area contributed by atoms with Crippen LogP contribution in [-0.2, 0) is 9.53 Å². The van der Waals surface area contributed by atoms with Crippen molar-refractivity contribution in [2.75, 3.05) is 25.1 Å². The van der Waals surface area contributed by atoms with Crippen LogP contribution in [0.15, 0.2) is 35.8 Å². The second-order valence-electron chi connectivity index (χ2n) is 7.43. The fraction of sp³-hybridized carbons (Fsp3) is 0.522. The van der Waals surface area contributed by atoms with Crippen LogP contribution in [0.3, 0.4) is 0 Å². The van der Waals surface area contributed by atoms with Gasteiger partial charge in [0.05, 0.1) is 25.4 Å². The van der Waals surface area contributed by atoms with Crippen LogP contribution in [0.25, 0.3) is 0 Å². The predicted molar refractivity (Wildman–Crippen MR) is 118 cm³/mol. The number of aromatic nitrogens is 3. The third-order valence-electron chi connectivity index (χ3n) is 5.08. The first-order chi connectivity index (χ1) is 15.1. The molecule has 1 aromatic heterocycles. The molecule has 0 amide bonds. The van der Waals surface area contributed by atoms with E-state index in [1.807, 2.05) is 32.0 Å². The van der Waals surface area contributed by atoms with Crippen molar-refractivity contribution >= 4 is 11.9 Å². The van der Waals surface area contributed by atoms with E-state index >= 15 is 0 Å². The van der Waals surface area contributed by atoms with Gasteiger partial charge in [-0.3, -0.25) is 0 Å². The Bertz CT molecular complexity index is 922. The molecule has 2 aromatic rings. The molecule has 0 saturated carbocycles. The fourth-order valence-corrected chi connectivity index (χ4v) is 3.46. The van der Waals surface area contributed by atoms with Gasteiger partial charge in [0.25, 0.3) is 0 Å². The number of unbranched alkanes of at least 4 members (excludes halogenated alkanes) is 2. The lowest BCUT2D eigenvalue weighted by atomic mass is 9.95. The summed E-state index contributed by atoms with van der Waals surface area (Å²) < 4.78 is 19.0. The number of rotatable bonds is 11. The first-order valence-corrected chi connectivity index (χ1v) is 11.0. The zero-order chi connectivity index (χ0) is 22.2. The fourth-order valence-electron chi connectivity index (χ4n) is 3.46. The lowest BCUT2D eigenvalue weighted by molar-refractivity contribution is -0.139. The average Bonchev–Trinajstić information content (AvgIpc) is 3.22. The third-order valence-corrected chi connectivity index (χ3v) is 5.08. The Morgan fingerprint density at radius 1 is 1.10 bits per heavy atom. The molecule has 1 aliphatic rings. The molecule has 31 heavy (non-hydrogen) atoms. The molecule has 8 nitrogen and oxygen atoms in total. The molecule has 0 spiro atoms. The van der Waals surface area contributed by atoms with Gasteiger partial charge in [-0.25, -0.2) is 9.48 Å². The lowest BCUT2D eigenvalue weighted by Crippen LogP contribution is -2.29. The van der Waals surface area contributed by atoms with Crippen molar-refractivity contribution in [1.82, 2.24) is 14.8 Å². The number of fused-ring (bicyclic) bond motifs is 1. The second kappa shape index (κ2) is 10.8. The normalized spacial score (nSPS) is 15.3. The molecular formula is C23H32N4O4. The topological polar surface area (TPSA) is 87.5 Å². The van der Waals surface area contributed by atoms with Gasteiger partial charge in [0, 0.05) is 5.70 Å². The molecule has 8 heteroatoms. The largest absolute Gasteiger partial charge is 0.490 e. The number of nitrogens with zero attached hydrogens (tertiary/aromatic N) is 3. The summed E-state index contributed by atoms with van der Waals surface area (Å²) in [6.07, 6.45) is 5.28. The summed E-state index contributed by atoms with van der Waals surface area (Å²) in [7, 11) is 0. The van der Waals surface area contributed by atoms with Gasteiger partial charge in [0.2, 0.25) is 5.95 Å². The summed E-state index contributed by atoms with van der Waals surface area (Å²) in [4.78, 5) is 17.3. The number of hydrogen-bond acceptors (Lipinski definition) is 7. The number of anilines is 1. The molecule has 1 aromatic carbocycles. The van der Waals surface area contributed by atoms with Crippen molar-refractivity contribution in [3.05, 3.63) is 41.4 Å². The third kappa shape index (κ3) is 5.18. The predicted octanol–water partition coefficient (Wildman–Crippen LogP) is 4.49. The van der Waals surface area contributed by atoms with Crippen molar-refractivity contribution in [2.45, 2.75) is 59.4 Å². The molecular weight excluding hydrogens is 396 g/mol. The first-order valence-electron chi connectivity index (χ1n) is 11.0. The molecule has 1 N–H and O–H groups in total. The van der Waals surface area contributed by atoms with Crippen molar-refractivity contribution in [1.29, 1.82) is 0 Å². The van der Waals surface area contributed by atoms with Gasteiger partial charge in [0.1, 0.15) is 12.4 Å².